The van der Waals surface area contributed by atoms with Gasteiger partial charge in [0.15, 0.2) is 11.5 Å². The third kappa shape index (κ3) is 6.04. The van der Waals surface area contributed by atoms with Gasteiger partial charge in [0.25, 0.3) is 0 Å². The van der Waals surface area contributed by atoms with Crippen LogP contribution in [0.15, 0.2) is 52.9 Å². The molecule has 0 radical (unpaired) electrons. The molecule has 1 N–H and O–H groups in total. The summed E-state index contributed by atoms with van der Waals surface area (Å²) in [5.74, 6) is 1.50. The van der Waals surface area contributed by atoms with Gasteiger partial charge in [0, 0.05) is 25.8 Å². The monoisotopic (exact) mass is 509 g/mol. The molecule has 1 aliphatic rings. The summed E-state index contributed by atoms with van der Waals surface area (Å²) in [7, 11) is -0.232. The summed E-state index contributed by atoms with van der Waals surface area (Å²) in [6.07, 6.45) is 3.38. The van der Waals surface area contributed by atoms with Crippen molar-refractivity contribution in [3.63, 3.8) is 0 Å². The number of benzene rings is 1. The van der Waals surface area contributed by atoms with Gasteiger partial charge in [0.1, 0.15) is 4.21 Å². The molecule has 0 saturated heterocycles. The van der Waals surface area contributed by atoms with Crippen LogP contribution in [0.4, 0.5) is 0 Å². The number of hydrogen-bond acceptors (Lipinski definition) is 7. The molecule has 7 nitrogen and oxygen atoms in total. The molecule has 0 fully saturated rings. The smallest absolute Gasteiger partial charge is 0.250 e. The van der Waals surface area contributed by atoms with Crippen molar-refractivity contribution >= 4 is 33.8 Å². The molecule has 4 rings (SSSR count). The van der Waals surface area contributed by atoms with Crippen LogP contribution in [0.25, 0.3) is 10.6 Å². The first kappa shape index (κ1) is 25.5. The van der Waals surface area contributed by atoms with Crippen LogP contribution in [-0.4, -0.2) is 52.2 Å². The number of ether oxygens (including phenoxy) is 2. The topological polar surface area (TPSA) is 80.8 Å². The van der Waals surface area contributed by atoms with Crippen LogP contribution in [-0.2, 0) is 23.0 Å². The van der Waals surface area contributed by atoms with Crippen LogP contribution < -0.4 is 14.2 Å². The minimum Gasteiger partial charge on any atom is -0.493 e. The summed E-state index contributed by atoms with van der Waals surface area (Å²) in [6, 6.07) is 13.1. The van der Waals surface area contributed by atoms with E-state index in [1.807, 2.05) is 24.3 Å². The second kappa shape index (κ2) is 11.3. The van der Waals surface area contributed by atoms with Gasteiger partial charge in [-0.15, -0.1) is 23.7 Å². The molecule has 3 heterocycles. The molecule has 0 amide bonds. The maximum Gasteiger partial charge on any atom is 0.250 e. The minimum atomic E-state index is -3.52. The van der Waals surface area contributed by atoms with E-state index in [-0.39, 0.29) is 12.4 Å². The molecule has 2 aromatic heterocycles. The van der Waals surface area contributed by atoms with Crippen molar-refractivity contribution in [2.24, 2.45) is 0 Å². The van der Waals surface area contributed by atoms with E-state index < -0.39 is 10.0 Å². The van der Waals surface area contributed by atoms with Gasteiger partial charge in [0.2, 0.25) is 10.0 Å². The molecule has 10 heteroatoms. The van der Waals surface area contributed by atoms with E-state index in [9.17, 15) is 8.42 Å². The Morgan fingerprint density at radius 2 is 1.85 bits per heavy atom. The molecular weight excluding hydrogens is 482 g/mol. The molecule has 3 aromatic rings. The van der Waals surface area contributed by atoms with E-state index in [1.54, 1.807) is 32.5 Å². The fourth-order valence-corrected chi connectivity index (χ4v) is 6.23. The Kier molecular flexibility index (Phi) is 8.72. The van der Waals surface area contributed by atoms with E-state index in [2.05, 4.69) is 20.7 Å². The van der Waals surface area contributed by atoms with Crippen LogP contribution >= 0.6 is 23.7 Å². The average Bonchev–Trinajstić information content (AvgIpc) is 3.33. The minimum absolute atomic E-state index is 0. The highest BCUT2D eigenvalue weighted by atomic mass is 35.5. The lowest BCUT2D eigenvalue weighted by Gasteiger charge is -2.29. The van der Waals surface area contributed by atoms with E-state index in [4.69, 9.17) is 9.47 Å². The second-order valence-electron chi connectivity index (χ2n) is 7.59. The van der Waals surface area contributed by atoms with Gasteiger partial charge in [-0.25, -0.2) is 13.1 Å². The molecule has 1 aromatic carbocycles. The molecule has 1 aliphatic heterocycles. The van der Waals surface area contributed by atoms with Crippen molar-refractivity contribution in [3.8, 4) is 22.1 Å². The summed E-state index contributed by atoms with van der Waals surface area (Å²) >= 11 is 1.23. The highest BCUT2D eigenvalue weighted by Gasteiger charge is 2.20. The van der Waals surface area contributed by atoms with Crippen LogP contribution in [0.1, 0.15) is 17.5 Å². The SMILES string of the molecule is COc1cc2c(cc1OC)CN(CCCNS(=O)(=O)c1ccc(-c3ccccn3)s1)CC2.Cl. The molecule has 0 spiro atoms. The number of sulfonamides is 1. The van der Waals surface area contributed by atoms with Gasteiger partial charge in [-0.3, -0.25) is 9.88 Å². The van der Waals surface area contributed by atoms with Crippen molar-refractivity contribution in [2.45, 2.75) is 23.6 Å². The fourth-order valence-electron chi connectivity index (χ4n) is 3.82. The van der Waals surface area contributed by atoms with Crippen molar-refractivity contribution in [3.05, 3.63) is 59.8 Å². The quantitative estimate of drug-likeness (QED) is 0.439. The summed E-state index contributed by atoms with van der Waals surface area (Å²) < 4.78 is 39.2. The van der Waals surface area contributed by atoms with Gasteiger partial charge >= 0.3 is 0 Å². The average molecular weight is 510 g/mol. The van der Waals surface area contributed by atoms with Crippen LogP contribution in [0, 0.1) is 0 Å². The Morgan fingerprint density at radius 1 is 1.09 bits per heavy atom. The number of halogens is 1. The van der Waals surface area contributed by atoms with Crippen molar-refractivity contribution < 1.29 is 17.9 Å². The molecule has 0 aliphatic carbocycles. The molecule has 178 valence electrons. The maximum atomic E-state index is 12.7. The fraction of sp³-hybridized carbons (Fsp3) is 0.348. The van der Waals surface area contributed by atoms with Crippen molar-refractivity contribution in [1.29, 1.82) is 0 Å². The zero-order chi connectivity index (χ0) is 22.6. The predicted molar refractivity (Wildman–Crippen MR) is 133 cm³/mol. The van der Waals surface area contributed by atoms with Gasteiger partial charge in [-0.1, -0.05) is 6.07 Å². The lowest BCUT2D eigenvalue weighted by Crippen LogP contribution is -2.33. The number of pyridine rings is 1. The van der Waals surface area contributed by atoms with Crippen molar-refractivity contribution in [2.75, 3.05) is 33.9 Å². The zero-order valence-electron chi connectivity index (χ0n) is 18.6. The third-order valence-electron chi connectivity index (χ3n) is 5.50. The maximum absolute atomic E-state index is 12.7. The Labute approximate surface area is 205 Å². The third-order valence-corrected chi connectivity index (χ3v) is 8.56. The molecular formula is C23H28ClN3O4S2. The number of nitrogens with one attached hydrogen (secondary N) is 1. The van der Waals surface area contributed by atoms with Crippen LogP contribution in [0.2, 0.25) is 0 Å². The zero-order valence-corrected chi connectivity index (χ0v) is 21.1. The van der Waals surface area contributed by atoms with Crippen LogP contribution in [0.3, 0.4) is 0 Å². The number of thiophene rings is 1. The Bertz CT molecular complexity index is 1170. The first-order valence-corrected chi connectivity index (χ1v) is 12.8. The standard InChI is InChI=1S/C23H27N3O4S2.ClH/c1-29-20-14-17-9-13-26(16-18(17)15-21(20)30-2)12-5-11-25-32(27,28)23-8-7-22(31-23)19-6-3-4-10-24-19;/h3-4,6-8,10,14-15,25H,5,9,11-13,16H2,1-2H3;1H. The normalized spacial score (nSPS) is 13.8. The summed E-state index contributed by atoms with van der Waals surface area (Å²) in [5, 5.41) is 0. The number of rotatable bonds is 9. The van der Waals surface area contributed by atoms with E-state index in [0.29, 0.717) is 10.8 Å². The molecule has 33 heavy (non-hydrogen) atoms. The van der Waals surface area contributed by atoms with Crippen molar-refractivity contribution in [1.82, 2.24) is 14.6 Å². The molecule has 0 saturated carbocycles. The van der Waals surface area contributed by atoms with E-state index >= 15 is 0 Å². The lowest BCUT2D eigenvalue weighted by atomic mass is 9.98. The number of aromatic nitrogens is 1. The van der Waals surface area contributed by atoms with Gasteiger partial charge in [-0.2, -0.15) is 0 Å². The van der Waals surface area contributed by atoms with Gasteiger partial charge < -0.3 is 9.47 Å². The predicted octanol–water partition coefficient (Wildman–Crippen LogP) is 3.98. The number of hydrogen-bond donors (Lipinski definition) is 1. The second-order valence-corrected chi connectivity index (χ2v) is 10.7. The molecule has 0 bridgehead atoms. The highest BCUT2D eigenvalue weighted by molar-refractivity contribution is 7.91. The van der Waals surface area contributed by atoms with Gasteiger partial charge in [-0.05, 0) is 66.9 Å². The largest absolute Gasteiger partial charge is 0.493 e. The molecule has 0 unspecified atom stereocenters. The number of fused-ring (bicyclic) bond motifs is 1. The summed E-state index contributed by atoms with van der Waals surface area (Å²) in [4.78, 5) is 7.46. The number of nitrogens with zero attached hydrogens (tertiary/aromatic N) is 2. The highest BCUT2D eigenvalue weighted by Crippen LogP contribution is 2.33. The Morgan fingerprint density at radius 3 is 2.55 bits per heavy atom. The lowest BCUT2D eigenvalue weighted by molar-refractivity contribution is 0.250. The van der Waals surface area contributed by atoms with E-state index in [0.717, 1.165) is 54.5 Å². The first-order chi connectivity index (χ1) is 15.5. The Hall–Kier alpha value is -2.17. The summed E-state index contributed by atoms with van der Waals surface area (Å²) in [5.41, 5.74) is 3.29. The molecule has 0 atom stereocenters. The first-order valence-electron chi connectivity index (χ1n) is 10.5. The van der Waals surface area contributed by atoms with E-state index in [1.165, 1.54) is 22.5 Å². The van der Waals surface area contributed by atoms with Gasteiger partial charge in [0.05, 0.1) is 24.8 Å². The number of methoxy groups -OCH3 is 2. The van der Waals surface area contributed by atoms with Crippen LogP contribution in [0.5, 0.6) is 11.5 Å². The Balaban J connectivity index is 0.00000306. The summed E-state index contributed by atoms with van der Waals surface area (Å²) in [6.45, 7) is 2.97.